The second-order valence-corrected chi connectivity index (χ2v) is 9.30. The molecular weight excluding hydrogens is 242 g/mol. The van der Waals surface area contributed by atoms with Gasteiger partial charge in [-0.1, -0.05) is 26.7 Å². The molecule has 4 saturated carbocycles. The third kappa shape index (κ3) is 1.77. The highest BCUT2D eigenvalue weighted by atomic mass is 14.7. The van der Waals surface area contributed by atoms with Gasteiger partial charge in [-0.2, -0.15) is 0 Å². The average molecular weight is 275 g/mol. The molecular formula is C19H33N. The highest BCUT2D eigenvalue weighted by Gasteiger charge is 2.58. The molecule has 7 atom stereocenters. The maximum Gasteiger partial charge on any atom is 0.00470 e. The average Bonchev–Trinajstić information content (AvgIpc) is 2.72. The van der Waals surface area contributed by atoms with Crippen LogP contribution in [0.4, 0.5) is 0 Å². The summed E-state index contributed by atoms with van der Waals surface area (Å²) in [7, 11) is 0. The van der Waals surface area contributed by atoms with Gasteiger partial charge in [-0.3, -0.25) is 0 Å². The summed E-state index contributed by atoms with van der Waals surface area (Å²) in [5.74, 6) is 4.06. The molecule has 0 aromatic heterocycles. The van der Waals surface area contributed by atoms with Crippen LogP contribution in [-0.4, -0.2) is 6.04 Å². The summed E-state index contributed by atoms with van der Waals surface area (Å²) in [6.07, 6.45) is 14.7. The van der Waals surface area contributed by atoms with E-state index in [1.807, 2.05) is 0 Å². The van der Waals surface area contributed by atoms with Gasteiger partial charge in [0.25, 0.3) is 0 Å². The second kappa shape index (κ2) is 4.48. The fourth-order valence-electron chi connectivity index (χ4n) is 7.41. The van der Waals surface area contributed by atoms with Crippen molar-refractivity contribution in [3.05, 3.63) is 0 Å². The third-order valence-electron chi connectivity index (χ3n) is 8.39. The van der Waals surface area contributed by atoms with E-state index in [0.717, 1.165) is 23.7 Å². The Morgan fingerprint density at radius 3 is 2.60 bits per heavy atom. The van der Waals surface area contributed by atoms with Crippen molar-refractivity contribution in [2.24, 2.45) is 40.2 Å². The van der Waals surface area contributed by atoms with Crippen molar-refractivity contribution in [2.75, 3.05) is 0 Å². The van der Waals surface area contributed by atoms with Crippen LogP contribution >= 0.6 is 0 Å². The van der Waals surface area contributed by atoms with Crippen LogP contribution < -0.4 is 5.73 Å². The summed E-state index contributed by atoms with van der Waals surface area (Å²) < 4.78 is 0. The molecule has 4 fully saturated rings. The van der Waals surface area contributed by atoms with Crippen molar-refractivity contribution in [1.82, 2.24) is 0 Å². The normalized spacial score (nSPS) is 58.6. The van der Waals surface area contributed by atoms with Crippen LogP contribution in [0.2, 0.25) is 0 Å². The summed E-state index contributed by atoms with van der Waals surface area (Å²) in [6.45, 7) is 5.24. The molecule has 1 heteroatoms. The van der Waals surface area contributed by atoms with E-state index < -0.39 is 0 Å². The van der Waals surface area contributed by atoms with Crippen molar-refractivity contribution in [2.45, 2.75) is 84.1 Å². The van der Waals surface area contributed by atoms with Crippen LogP contribution in [0, 0.1) is 34.5 Å². The lowest BCUT2D eigenvalue weighted by Gasteiger charge is -2.60. The molecule has 0 amide bonds. The minimum Gasteiger partial charge on any atom is -0.328 e. The standard InChI is InChI=1S/C19H33N/c1-18-10-8-16-15(17(18)11-14(20)12-18)7-6-13-5-3-4-9-19(13,16)2/h13-17H,3-12,20H2,1-2H3/t13-,14?,15-,16+,17+,18-,19+/m1/s1. The smallest absolute Gasteiger partial charge is 0.00470 e. The summed E-state index contributed by atoms with van der Waals surface area (Å²) in [5, 5.41) is 0. The maximum atomic E-state index is 6.37. The van der Waals surface area contributed by atoms with E-state index in [1.54, 1.807) is 0 Å². The van der Waals surface area contributed by atoms with E-state index in [-0.39, 0.29) is 0 Å². The second-order valence-electron chi connectivity index (χ2n) is 9.30. The minimum absolute atomic E-state index is 0.501. The lowest BCUT2D eigenvalue weighted by atomic mass is 9.45. The molecule has 2 N–H and O–H groups in total. The Kier molecular flexibility index (Phi) is 3.05. The van der Waals surface area contributed by atoms with Gasteiger partial charge < -0.3 is 5.73 Å². The first-order valence-electron chi connectivity index (χ1n) is 9.28. The van der Waals surface area contributed by atoms with Crippen LogP contribution in [0.5, 0.6) is 0 Å². The predicted octanol–water partition coefficient (Wildman–Crippen LogP) is 4.75. The van der Waals surface area contributed by atoms with Crippen LogP contribution in [0.25, 0.3) is 0 Å². The van der Waals surface area contributed by atoms with E-state index in [0.29, 0.717) is 16.9 Å². The number of rotatable bonds is 0. The summed E-state index contributed by atoms with van der Waals surface area (Å²) in [4.78, 5) is 0. The van der Waals surface area contributed by atoms with Gasteiger partial charge in [-0.25, -0.2) is 0 Å². The summed E-state index contributed by atoms with van der Waals surface area (Å²) in [6, 6.07) is 0.501. The number of fused-ring (bicyclic) bond motifs is 5. The van der Waals surface area contributed by atoms with E-state index in [4.69, 9.17) is 5.73 Å². The van der Waals surface area contributed by atoms with Gasteiger partial charge >= 0.3 is 0 Å². The van der Waals surface area contributed by atoms with E-state index in [9.17, 15) is 0 Å². The first-order valence-corrected chi connectivity index (χ1v) is 9.28. The summed E-state index contributed by atoms with van der Waals surface area (Å²) >= 11 is 0. The van der Waals surface area contributed by atoms with Crippen LogP contribution in [-0.2, 0) is 0 Å². The summed E-state index contributed by atoms with van der Waals surface area (Å²) in [5.41, 5.74) is 7.65. The van der Waals surface area contributed by atoms with Crippen molar-refractivity contribution in [3.8, 4) is 0 Å². The SMILES string of the molecule is C[C@]12CC[C@H]3[C@@H](CC[C@H]4CCCC[C@@]43C)[C@@H]1CC(N)C2. The fraction of sp³-hybridized carbons (Fsp3) is 1.00. The molecule has 0 aliphatic heterocycles. The molecule has 114 valence electrons. The molecule has 0 spiro atoms. The number of hydrogen-bond acceptors (Lipinski definition) is 1. The Bertz CT molecular complexity index is 391. The van der Waals surface area contributed by atoms with Crippen molar-refractivity contribution >= 4 is 0 Å². The largest absolute Gasteiger partial charge is 0.328 e. The van der Waals surface area contributed by atoms with E-state index in [1.165, 1.54) is 64.2 Å². The molecule has 0 bridgehead atoms. The molecule has 0 radical (unpaired) electrons. The zero-order chi connectivity index (χ0) is 14.0. The zero-order valence-electron chi connectivity index (χ0n) is 13.5. The number of hydrogen-bond donors (Lipinski definition) is 1. The molecule has 0 aromatic carbocycles. The monoisotopic (exact) mass is 275 g/mol. The van der Waals surface area contributed by atoms with Gasteiger partial charge in [0.05, 0.1) is 0 Å². The quantitative estimate of drug-likeness (QED) is 0.678. The first-order chi connectivity index (χ1) is 9.53. The topological polar surface area (TPSA) is 26.0 Å². The molecule has 0 heterocycles. The maximum absolute atomic E-state index is 6.37. The van der Waals surface area contributed by atoms with Gasteiger partial charge in [-0.15, -0.1) is 0 Å². The number of nitrogens with two attached hydrogens (primary N) is 1. The van der Waals surface area contributed by atoms with Gasteiger partial charge in [-0.05, 0) is 85.9 Å². The Balaban J connectivity index is 1.64. The molecule has 4 aliphatic carbocycles. The Labute approximate surface area is 125 Å². The molecule has 1 nitrogen and oxygen atoms in total. The Morgan fingerprint density at radius 2 is 1.75 bits per heavy atom. The molecule has 4 rings (SSSR count). The fourth-order valence-corrected chi connectivity index (χ4v) is 7.41. The van der Waals surface area contributed by atoms with Gasteiger partial charge in [0.15, 0.2) is 0 Å². The third-order valence-corrected chi connectivity index (χ3v) is 8.39. The minimum atomic E-state index is 0.501. The van der Waals surface area contributed by atoms with Crippen molar-refractivity contribution in [3.63, 3.8) is 0 Å². The Hall–Kier alpha value is -0.0400. The van der Waals surface area contributed by atoms with Crippen LogP contribution in [0.1, 0.15) is 78.1 Å². The molecule has 4 aliphatic rings. The molecule has 1 unspecified atom stereocenters. The molecule has 0 aromatic rings. The van der Waals surface area contributed by atoms with Crippen LogP contribution in [0.15, 0.2) is 0 Å². The zero-order valence-corrected chi connectivity index (χ0v) is 13.5. The van der Waals surface area contributed by atoms with Gasteiger partial charge in [0, 0.05) is 6.04 Å². The lowest BCUT2D eigenvalue weighted by Crippen LogP contribution is -2.51. The highest BCUT2D eigenvalue weighted by Crippen LogP contribution is 2.65. The predicted molar refractivity (Wildman–Crippen MR) is 84.3 cm³/mol. The van der Waals surface area contributed by atoms with E-state index in [2.05, 4.69) is 13.8 Å². The molecule has 0 saturated heterocycles. The first kappa shape index (κ1) is 13.6. The van der Waals surface area contributed by atoms with Crippen LogP contribution in [0.3, 0.4) is 0 Å². The van der Waals surface area contributed by atoms with E-state index >= 15 is 0 Å². The lowest BCUT2D eigenvalue weighted by molar-refractivity contribution is -0.103. The molecule has 20 heavy (non-hydrogen) atoms. The van der Waals surface area contributed by atoms with Gasteiger partial charge in [0.2, 0.25) is 0 Å². The Morgan fingerprint density at radius 1 is 0.900 bits per heavy atom. The highest BCUT2D eigenvalue weighted by molar-refractivity contribution is 5.08. The van der Waals surface area contributed by atoms with Crippen molar-refractivity contribution in [1.29, 1.82) is 0 Å². The van der Waals surface area contributed by atoms with Crippen molar-refractivity contribution < 1.29 is 0 Å². The van der Waals surface area contributed by atoms with Gasteiger partial charge in [0.1, 0.15) is 0 Å².